The van der Waals surface area contributed by atoms with Crippen molar-refractivity contribution in [3.8, 4) is 0 Å². The molecule has 4 nitrogen and oxygen atoms in total. The van der Waals surface area contributed by atoms with Gasteiger partial charge >= 0.3 is 0 Å². The minimum Gasteiger partial charge on any atom is -0.355 e. The minimum absolute atomic E-state index is 0.111. The van der Waals surface area contributed by atoms with Crippen LogP contribution in [-0.2, 0) is 4.79 Å². The molecule has 2 atom stereocenters. The molecule has 4 heteroatoms. The number of aromatic nitrogens is 1. The fourth-order valence-corrected chi connectivity index (χ4v) is 5.32. The number of pyridine rings is 1. The average Bonchev–Trinajstić information content (AvgIpc) is 3.03. The molecule has 1 saturated heterocycles. The van der Waals surface area contributed by atoms with Gasteiger partial charge in [-0.2, -0.15) is 0 Å². The number of fused-ring (bicyclic) bond motifs is 2. The van der Waals surface area contributed by atoms with E-state index in [2.05, 4.69) is 41.3 Å². The monoisotopic (exact) mass is 339 g/mol. The molecule has 0 aromatic carbocycles. The van der Waals surface area contributed by atoms with Crippen LogP contribution >= 0.6 is 0 Å². The quantitative estimate of drug-likeness (QED) is 0.774. The second kappa shape index (κ2) is 5.86. The third-order valence-electron chi connectivity index (χ3n) is 7.06. The van der Waals surface area contributed by atoms with Crippen LogP contribution in [0.25, 0.3) is 0 Å². The fraction of sp³-hybridized carbons (Fsp3) is 0.619. The first-order valence-corrected chi connectivity index (χ1v) is 9.60. The van der Waals surface area contributed by atoms with Crippen molar-refractivity contribution < 1.29 is 4.79 Å². The Balaban J connectivity index is 1.50. The van der Waals surface area contributed by atoms with Crippen LogP contribution in [-0.4, -0.2) is 42.0 Å². The first-order chi connectivity index (χ1) is 11.9. The maximum Gasteiger partial charge on any atom is 0.232 e. The number of carbonyl (C=O) groups is 1. The number of hydrogen-bond acceptors (Lipinski definition) is 3. The van der Waals surface area contributed by atoms with Crippen LogP contribution in [0, 0.1) is 16.7 Å². The molecule has 4 rings (SSSR count). The van der Waals surface area contributed by atoms with E-state index in [0.717, 1.165) is 51.3 Å². The van der Waals surface area contributed by atoms with E-state index in [1.165, 1.54) is 12.0 Å². The summed E-state index contributed by atoms with van der Waals surface area (Å²) in [4.78, 5) is 22.4. The summed E-state index contributed by atoms with van der Waals surface area (Å²) >= 11 is 0. The number of rotatable bonds is 2. The molecule has 1 aliphatic heterocycles. The second-order valence-electron chi connectivity index (χ2n) is 8.54. The van der Waals surface area contributed by atoms with Gasteiger partial charge < -0.3 is 9.80 Å². The lowest BCUT2D eigenvalue weighted by Crippen LogP contribution is -2.45. The van der Waals surface area contributed by atoms with Gasteiger partial charge in [-0.05, 0) is 49.1 Å². The number of amides is 1. The van der Waals surface area contributed by atoms with Crippen LogP contribution in [0.3, 0.4) is 0 Å². The summed E-state index contributed by atoms with van der Waals surface area (Å²) in [5, 5.41) is 0. The summed E-state index contributed by atoms with van der Waals surface area (Å²) in [6.07, 6.45) is 6.02. The topological polar surface area (TPSA) is 36.4 Å². The number of nitrogens with zero attached hydrogens (tertiary/aromatic N) is 3. The van der Waals surface area contributed by atoms with Gasteiger partial charge in [-0.1, -0.05) is 32.1 Å². The molecule has 2 aliphatic carbocycles. The molecule has 0 unspecified atom stereocenters. The van der Waals surface area contributed by atoms with Crippen LogP contribution in [0.2, 0.25) is 0 Å². The van der Waals surface area contributed by atoms with Crippen molar-refractivity contribution in [2.45, 2.75) is 39.5 Å². The van der Waals surface area contributed by atoms with E-state index >= 15 is 0 Å². The van der Waals surface area contributed by atoms with E-state index < -0.39 is 0 Å². The van der Waals surface area contributed by atoms with Crippen molar-refractivity contribution in [3.05, 3.63) is 36.5 Å². The van der Waals surface area contributed by atoms with E-state index in [0.29, 0.717) is 11.8 Å². The molecular formula is C21H29N3O. The summed E-state index contributed by atoms with van der Waals surface area (Å²) in [5.74, 6) is 1.98. The van der Waals surface area contributed by atoms with Crippen molar-refractivity contribution in [2.75, 3.05) is 31.1 Å². The molecular weight excluding hydrogens is 310 g/mol. The van der Waals surface area contributed by atoms with Gasteiger partial charge in [-0.15, -0.1) is 0 Å². The highest BCUT2D eigenvalue weighted by Crippen LogP contribution is 2.65. The molecule has 3 aliphatic rings. The highest BCUT2D eigenvalue weighted by atomic mass is 16.2. The van der Waals surface area contributed by atoms with Gasteiger partial charge in [0.15, 0.2) is 0 Å². The molecule has 3 fully saturated rings. The van der Waals surface area contributed by atoms with Gasteiger partial charge in [-0.3, -0.25) is 4.79 Å². The third kappa shape index (κ3) is 2.49. The third-order valence-corrected chi connectivity index (χ3v) is 7.06. The lowest BCUT2D eigenvalue weighted by molar-refractivity contribution is -0.139. The van der Waals surface area contributed by atoms with Gasteiger partial charge in [-0.25, -0.2) is 4.98 Å². The summed E-state index contributed by atoms with van der Waals surface area (Å²) in [5.41, 5.74) is 1.01. The smallest absolute Gasteiger partial charge is 0.232 e. The van der Waals surface area contributed by atoms with Crippen LogP contribution in [0.5, 0.6) is 0 Å². The molecule has 0 spiro atoms. The Kier molecular flexibility index (Phi) is 3.89. The van der Waals surface area contributed by atoms with E-state index in [1.807, 2.05) is 18.3 Å². The first-order valence-electron chi connectivity index (χ1n) is 9.60. The van der Waals surface area contributed by atoms with Crippen molar-refractivity contribution in [3.63, 3.8) is 0 Å². The standard InChI is InChI=1S/C21H29N3O/c1-16-20(2,3)17-8-9-21(16,15-17)19(25)24-12-6-11-23(13-14-24)18-7-4-5-10-22-18/h4-5,7,10,17H,1,6,8-9,11-15H2,2-3H3/t17-,21+/m0/s1. The Morgan fingerprint density at radius 3 is 2.76 bits per heavy atom. The fourth-order valence-electron chi connectivity index (χ4n) is 5.32. The van der Waals surface area contributed by atoms with E-state index in [4.69, 9.17) is 0 Å². The Hall–Kier alpha value is -1.84. The highest BCUT2D eigenvalue weighted by molar-refractivity contribution is 5.87. The van der Waals surface area contributed by atoms with Gasteiger partial charge in [0.2, 0.25) is 5.91 Å². The maximum atomic E-state index is 13.5. The van der Waals surface area contributed by atoms with Crippen molar-refractivity contribution in [2.24, 2.45) is 16.7 Å². The molecule has 2 heterocycles. The van der Waals surface area contributed by atoms with Crippen LogP contribution < -0.4 is 4.90 Å². The Morgan fingerprint density at radius 1 is 1.24 bits per heavy atom. The van der Waals surface area contributed by atoms with Crippen molar-refractivity contribution in [1.29, 1.82) is 0 Å². The van der Waals surface area contributed by atoms with E-state index in [1.54, 1.807) is 0 Å². The molecule has 1 amide bonds. The van der Waals surface area contributed by atoms with Crippen LogP contribution in [0.1, 0.15) is 39.5 Å². The van der Waals surface area contributed by atoms with Crippen molar-refractivity contribution in [1.82, 2.24) is 9.88 Å². The summed E-state index contributed by atoms with van der Waals surface area (Å²) in [6, 6.07) is 6.03. The number of anilines is 1. The molecule has 1 aromatic rings. The minimum atomic E-state index is -0.283. The molecule has 25 heavy (non-hydrogen) atoms. The SMILES string of the molecule is C=C1C(C)(C)[C@H]2CC[C@@]1(C(=O)N1CCCN(c3ccccn3)CC1)C2. The normalized spacial score (nSPS) is 31.3. The average molecular weight is 339 g/mol. The Bertz CT molecular complexity index is 684. The highest BCUT2D eigenvalue weighted by Gasteiger charge is 2.61. The van der Waals surface area contributed by atoms with Crippen molar-refractivity contribution >= 4 is 11.7 Å². The Labute approximate surface area is 150 Å². The summed E-state index contributed by atoms with van der Waals surface area (Å²) in [7, 11) is 0. The van der Waals surface area contributed by atoms with E-state index in [-0.39, 0.29) is 10.8 Å². The Morgan fingerprint density at radius 2 is 2.08 bits per heavy atom. The lowest BCUT2D eigenvalue weighted by atomic mass is 9.68. The zero-order chi connectivity index (χ0) is 17.7. The molecule has 0 N–H and O–H groups in total. The summed E-state index contributed by atoms with van der Waals surface area (Å²) < 4.78 is 0. The number of hydrogen-bond donors (Lipinski definition) is 0. The number of carbonyl (C=O) groups excluding carboxylic acids is 1. The summed E-state index contributed by atoms with van der Waals surface area (Å²) in [6.45, 7) is 12.4. The van der Waals surface area contributed by atoms with E-state index in [9.17, 15) is 4.79 Å². The largest absolute Gasteiger partial charge is 0.355 e. The molecule has 1 aromatic heterocycles. The van der Waals surface area contributed by atoms with Crippen LogP contribution in [0.4, 0.5) is 5.82 Å². The zero-order valence-corrected chi connectivity index (χ0v) is 15.5. The predicted octanol–water partition coefficient (Wildman–Crippen LogP) is 3.50. The predicted molar refractivity (Wildman–Crippen MR) is 100 cm³/mol. The molecule has 2 saturated carbocycles. The maximum absolute atomic E-state index is 13.5. The van der Waals surface area contributed by atoms with Gasteiger partial charge in [0.1, 0.15) is 5.82 Å². The first kappa shape index (κ1) is 16.6. The molecule has 134 valence electrons. The lowest BCUT2D eigenvalue weighted by Gasteiger charge is -2.39. The van der Waals surface area contributed by atoms with Gasteiger partial charge in [0.05, 0.1) is 5.41 Å². The molecule has 0 radical (unpaired) electrons. The van der Waals surface area contributed by atoms with Gasteiger partial charge in [0, 0.05) is 32.4 Å². The second-order valence-corrected chi connectivity index (χ2v) is 8.54. The molecule has 2 bridgehead atoms. The zero-order valence-electron chi connectivity index (χ0n) is 15.5. The van der Waals surface area contributed by atoms with Crippen LogP contribution in [0.15, 0.2) is 36.5 Å². The van der Waals surface area contributed by atoms with Gasteiger partial charge in [0.25, 0.3) is 0 Å².